The maximum atomic E-state index is 13.5. The van der Waals surface area contributed by atoms with E-state index in [1.165, 1.54) is 0 Å². The molecule has 0 unspecified atom stereocenters. The Kier molecular flexibility index (Phi) is 3.72. The molecule has 2 saturated heterocycles. The largest absolute Gasteiger partial charge is 0.509 e. The van der Waals surface area contributed by atoms with Crippen molar-refractivity contribution < 1.29 is 23.8 Å². The average Bonchev–Trinajstić information content (AvgIpc) is 3.06. The summed E-state index contributed by atoms with van der Waals surface area (Å²) in [4.78, 5) is 26.7. The molecule has 0 bridgehead atoms. The lowest BCUT2D eigenvalue weighted by atomic mass is 9.84. The van der Waals surface area contributed by atoms with Crippen molar-refractivity contribution in [1.29, 1.82) is 0 Å². The lowest BCUT2D eigenvalue weighted by molar-refractivity contribution is -0.138. The third-order valence-electron chi connectivity index (χ3n) is 6.40. The molecule has 0 radical (unpaired) electrons. The van der Waals surface area contributed by atoms with Gasteiger partial charge in [-0.05, 0) is 29.5 Å². The number of amides is 1. The smallest absolute Gasteiger partial charge is 0.497 e. The molecule has 3 fully saturated rings. The maximum Gasteiger partial charge on any atom is 0.509 e. The van der Waals surface area contributed by atoms with E-state index in [2.05, 4.69) is 13.8 Å². The lowest BCUT2D eigenvalue weighted by Crippen LogP contribution is -2.51. The first-order valence-electron chi connectivity index (χ1n) is 9.12. The predicted octanol–water partition coefficient (Wildman–Crippen LogP) is 2.89. The highest BCUT2D eigenvalue weighted by Crippen LogP contribution is 2.65. The summed E-state index contributed by atoms with van der Waals surface area (Å²) in [7, 11) is 1.64. The Morgan fingerprint density at radius 1 is 1.15 bits per heavy atom. The minimum Gasteiger partial charge on any atom is -0.497 e. The van der Waals surface area contributed by atoms with Crippen LogP contribution in [0.15, 0.2) is 24.3 Å². The van der Waals surface area contributed by atoms with Crippen LogP contribution in [0.25, 0.3) is 0 Å². The molecule has 1 amide bonds. The van der Waals surface area contributed by atoms with E-state index in [-0.39, 0.29) is 11.3 Å². The molecule has 1 aromatic rings. The van der Waals surface area contributed by atoms with Crippen LogP contribution in [0, 0.1) is 5.41 Å². The fourth-order valence-corrected chi connectivity index (χ4v) is 4.54. The number of carbonyl (C=O) groups excluding carboxylic acids is 2. The average molecular weight is 359 g/mol. The number of piperidine rings is 1. The number of ether oxygens (including phenoxy) is 3. The number of benzene rings is 1. The van der Waals surface area contributed by atoms with Crippen molar-refractivity contribution in [1.82, 2.24) is 4.90 Å². The summed E-state index contributed by atoms with van der Waals surface area (Å²) in [5.74, 6) is 0.963. The van der Waals surface area contributed by atoms with Gasteiger partial charge in [-0.1, -0.05) is 26.0 Å². The van der Waals surface area contributed by atoms with Crippen LogP contribution in [-0.4, -0.2) is 49.4 Å². The van der Waals surface area contributed by atoms with Crippen LogP contribution in [0.2, 0.25) is 0 Å². The van der Waals surface area contributed by atoms with Crippen molar-refractivity contribution in [2.45, 2.75) is 44.1 Å². The number of methoxy groups -OCH3 is 1. The van der Waals surface area contributed by atoms with Crippen molar-refractivity contribution in [2.24, 2.45) is 5.41 Å². The maximum absolute atomic E-state index is 13.5. The summed E-state index contributed by atoms with van der Waals surface area (Å²) in [6, 6.07) is 7.84. The molecule has 6 nitrogen and oxygen atoms in total. The van der Waals surface area contributed by atoms with E-state index in [1.54, 1.807) is 7.11 Å². The SMILES string of the molecule is COc1ccc([C@]2(C(=O)N3CCC4(CC3)COC(=O)O4)CC2(C)C)cc1. The molecule has 3 aliphatic rings. The van der Waals surface area contributed by atoms with Crippen LogP contribution in [0.1, 0.15) is 38.7 Å². The van der Waals surface area contributed by atoms with Crippen LogP contribution in [0.4, 0.5) is 4.79 Å². The highest BCUT2D eigenvalue weighted by Gasteiger charge is 2.68. The topological polar surface area (TPSA) is 65.1 Å². The van der Waals surface area contributed by atoms with E-state index in [4.69, 9.17) is 14.2 Å². The van der Waals surface area contributed by atoms with Gasteiger partial charge in [0.15, 0.2) is 5.60 Å². The zero-order chi connectivity index (χ0) is 18.6. The molecule has 140 valence electrons. The summed E-state index contributed by atoms with van der Waals surface area (Å²) in [6.07, 6.45) is 1.50. The number of cyclic esters (lactones) is 1. The van der Waals surface area contributed by atoms with E-state index >= 15 is 0 Å². The third kappa shape index (κ3) is 2.46. The monoisotopic (exact) mass is 359 g/mol. The van der Waals surface area contributed by atoms with Crippen molar-refractivity contribution in [2.75, 3.05) is 26.8 Å². The Morgan fingerprint density at radius 2 is 1.77 bits per heavy atom. The van der Waals surface area contributed by atoms with Gasteiger partial charge < -0.3 is 19.1 Å². The van der Waals surface area contributed by atoms with Crippen LogP contribution < -0.4 is 4.74 Å². The van der Waals surface area contributed by atoms with Gasteiger partial charge >= 0.3 is 6.16 Å². The van der Waals surface area contributed by atoms with Gasteiger partial charge in [0.2, 0.25) is 5.91 Å². The molecule has 4 rings (SSSR count). The molecule has 2 aliphatic heterocycles. The van der Waals surface area contributed by atoms with Gasteiger partial charge in [0, 0.05) is 25.9 Å². The van der Waals surface area contributed by atoms with Gasteiger partial charge in [0.05, 0.1) is 12.5 Å². The van der Waals surface area contributed by atoms with Crippen molar-refractivity contribution in [3.8, 4) is 5.75 Å². The minimum absolute atomic E-state index is 0.0727. The van der Waals surface area contributed by atoms with E-state index in [0.717, 1.165) is 17.7 Å². The molecule has 0 aromatic heterocycles. The van der Waals surface area contributed by atoms with Crippen molar-refractivity contribution in [3.05, 3.63) is 29.8 Å². The number of hydrogen-bond donors (Lipinski definition) is 0. The molecule has 2 heterocycles. The second-order valence-electron chi connectivity index (χ2n) is 8.31. The van der Waals surface area contributed by atoms with Crippen LogP contribution >= 0.6 is 0 Å². The summed E-state index contributed by atoms with van der Waals surface area (Å²) >= 11 is 0. The highest BCUT2D eigenvalue weighted by atomic mass is 16.8. The van der Waals surface area contributed by atoms with Crippen LogP contribution in [0.3, 0.4) is 0 Å². The number of nitrogens with zero attached hydrogens (tertiary/aromatic N) is 1. The predicted molar refractivity (Wildman–Crippen MR) is 94.0 cm³/mol. The molecule has 1 aliphatic carbocycles. The number of carbonyl (C=O) groups is 2. The van der Waals surface area contributed by atoms with Crippen molar-refractivity contribution >= 4 is 12.1 Å². The molecule has 0 N–H and O–H groups in total. The normalized spacial score (nSPS) is 28.4. The molecule has 1 aromatic carbocycles. The van der Waals surface area contributed by atoms with Crippen LogP contribution in [-0.2, 0) is 19.7 Å². The van der Waals surface area contributed by atoms with Gasteiger partial charge in [-0.15, -0.1) is 0 Å². The fourth-order valence-electron chi connectivity index (χ4n) is 4.54. The summed E-state index contributed by atoms with van der Waals surface area (Å²) in [5, 5.41) is 0. The third-order valence-corrected chi connectivity index (χ3v) is 6.40. The molecular formula is C20H25NO5. The van der Waals surface area contributed by atoms with E-state index < -0.39 is 17.2 Å². The second kappa shape index (κ2) is 5.63. The van der Waals surface area contributed by atoms with Gasteiger partial charge in [-0.2, -0.15) is 0 Å². The van der Waals surface area contributed by atoms with Gasteiger partial charge in [-0.25, -0.2) is 4.79 Å². The first-order valence-corrected chi connectivity index (χ1v) is 9.12. The first-order chi connectivity index (χ1) is 12.3. The summed E-state index contributed by atoms with van der Waals surface area (Å²) < 4.78 is 15.6. The minimum atomic E-state index is -0.595. The zero-order valence-corrected chi connectivity index (χ0v) is 15.5. The fraction of sp³-hybridized carbons (Fsp3) is 0.600. The standard InChI is InChI=1S/C20H25NO5/c1-18(2)12-20(18,14-4-6-15(24-3)7-5-14)16(22)21-10-8-19(9-11-21)13-25-17(23)26-19/h4-7H,8-13H2,1-3H3/t20-/m0/s1. The Hall–Kier alpha value is -2.24. The summed E-state index contributed by atoms with van der Waals surface area (Å²) in [6.45, 7) is 5.76. The number of hydrogen-bond acceptors (Lipinski definition) is 5. The second-order valence-corrected chi connectivity index (χ2v) is 8.31. The number of likely N-dealkylation sites (tertiary alicyclic amines) is 1. The zero-order valence-electron chi connectivity index (χ0n) is 15.5. The van der Waals surface area contributed by atoms with Gasteiger partial charge in [0.1, 0.15) is 12.4 Å². The quantitative estimate of drug-likeness (QED) is 0.777. The van der Waals surface area contributed by atoms with Gasteiger partial charge in [-0.3, -0.25) is 4.79 Å². The molecule has 1 atom stereocenters. The molecular weight excluding hydrogens is 334 g/mol. The molecule has 26 heavy (non-hydrogen) atoms. The molecule has 6 heteroatoms. The van der Waals surface area contributed by atoms with Gasteiger partial charge in [0.25, 0.3) is 0 Å². The number of rotatable bonds is 3. The highest BCUT2D eigenvalue weighted by molar-refractivity contribution is 5.93. The van der Waals surface area contributed by atoms with E-state index in [1.807, 2.05) is 29.2 Å². The Bertz CT molecular complexity index is 733. The summed E-state index contributed by atoms with van der Waals surface area (Å²) in [5.41, 5.74) is -0.0481. The van der Waals surface area contributed by atoms with Crippen molar-refractivity contribution in [3.63, 3.8) is 0 Å². The Labute approximate surface area is 153 Å². The molecule has 1 spiro atoms. The Balaban J connectivity index is 1.53. The Morgan fingerprint density at radius 3 is 2.23 bits per heavy atom. The van der Waals surface area contributed by atoms with E-state index in [9.17, 15) is 9.59 Å². The molecule has 1 saturated carbocycles. The van der Waals surface area contributed by atoms with Crippen LogP contribution in [0.5, 0.6) is 5.75 Å². The van der Waals surface area contributed by atoms with E-state index in [0.29, 0.717) is 32.5 Å². The lowest BCUT2D eigenvalue weighted by Gasteiger charge is -2.38. The first kappa shape index (κ1) is 17.2.